The summed E-state index contributed by atoms with van der Waals surface area (Å²) in [6, 6.07) is 0.274. The van der Waals surface area contributed by atoms with Crippen LogP contribution in [-0.2, 0) is 4.74 Å². The minimum absolute atomic E-state index is 0.274. The number of carbonyl (C=O) groups is 1. The van der Waals surface area contributed by atoms with Crippen LogP contribution >= 0.6 is 0 Å². The van der Waals surface area contributed by atoms with Crippen molar-refractivity contribution in [1.29, 1.82) is 0 Å². The third-order valence-electron chi connectivity index (χ3n) is 2.44. The van der Waals surface area contributed by atoms with Gasteiger partial charge in [-0.15, -0.1) is 0 Å². The second kappa shape index (κ2) is 7.54. The first-order chi connectivity index (χ1) is 7.87. The van der Waals surface area contributed by atoms with Crippen molar-refractivity contribution in [2.24, 2.45) is 0 Å². The van der Waals surface area contributed by atoms with E-state index < -0.39 is 5.60 Å². The molecule has 1 amide bonds. The highest BCUT2D eigenvalue weighted by molar-refractivity contribution is 5.68. The molecule has 0 bridgehead atoms. The maximum absolute atomic E-state index is 11.5. The Hall–Kier alpha value is -0.770. The van der Waals surface area contributed by atoms with Gasteiger partial charge in [0, 0.05) is 6.04 Å². The maximum atomic E-state index is 11.5. The van der Waals surface area contributed by atoms with E-state index in [4.69, 9.17) is 4.74 Å². The number of ether oxygens (including phenoxy) is 1. The van der Waals surface area contributed by atoms with Crippen molar-refractivity contribution in [3.63, 3.8) is 0 Å². The van der Waals surface area contributed by atoms with Crippen molar-refractivity contribution in [2.75, 3.05) is 20.1 Å². The topological polar surface area (TPSA) is 41.6 Å². The van der Waals surface area contributed by atoms with Crippen LogP contribution < -0.4 is 5.32 Å². The summed E-state index contributed by atoms with van der Waals surface area (Å²) in [5.74, 6) is 0. The van der Waals surface area contributed by atoms with E-state index in [0.717, 1.165) is 25.9 Å². The second-order valence-electron chi connectivity index (χ2n) is 5.22. The molecule has 4 nitrogen and oxygen atoms in total. The summed E-state index contributed by atoms with van der Waals surface area (Å²) in [6.07, 6.45) is 1.72. The first kappa shape index (κ1) is 16.2. The summed E-state index contributed by atoms with van der Waals surface area (Å²) in [5.41, 5.74) is -0.407. The van der Waals surface area contributed by atoms with Gasteiger partial charge in [0.2, 0.25) is 0 Å². The monoisotopic (exact) mass is 244 g/mol. The van der Waals surface area contributed by atoms with Gasteiger partial charge in [-0.1, -0.05) is 13.8 Å². The lowest BCUT2D eigenvalue weighted by Gasteiger charge is -2.30. The van der Waals surface area contributed by atoms with Gasteiger partial charge in [0.05, 0.1) is 0 Å². The van der Waals surface area contributed by atoms with Crippen LogP contribution in [0, 0.1) is 0 Å². The molecule has 1 N–H and O–H groups in total. The Morgan fingerprint density at radius 1 is 1.24 bits per heavy atom. The average molecular weight is 244 g/mol. The van der Waals surface area contributed by atoms with E-state index in [1.165, 1.54) is 0 Å². The maximum Gasteiger partial charge on any atom is 0.407 e. The van der Waals surface area contributed by atoms with Gasteiger partial charge < -0.3 is 15.0 Å². The summed E-state index contributed by atoms with van der Waals surface area (Å²) in [4.78, 5) is 13.7. The molecular weight excluding hydrogens is 216 g/mol. The Labute approximate surface area is 106 Å². The lowest BCUT2D eigenvalue weighted by Crippen LogP contribution is -2.45. The number of rotatable bonds is 1. The Kier molecular flexibility index (Phi) is 7.19. The van der Waals surface area contributed by atoms with Crippen molar-refractivity contribution in [3.8, 4) is 0 Å². The molecule has 0 spiro atoms. The molecule has 102 valence electrons. The molecule has 1 rings (SSSR count). The molecule has 1 fully saturated rings. The number of amides is 1. The molecule has 0 unspecified atom stereocenters. The highest BCUT2D eigenvalue weighted by Gasteiger charge is 2.21. The highest BCUT2D eigenvalue weighted by atomic mass is 16.6. The van der Waals surface area contributed by atoms with Crippen LogP contribution in [0.15, 0.2) is 0 Å². The zero-order valence-corrected chi connectivity index (χ0v) is 12.2. The first-order valence-corrected chi connectivity index (χ1v) is 6.55. The molecule has 0 aromatic rings. The molecule has 0 aromatic carbocycles. The summed E-state index contributed by atoms with van der Waals surface area (Å²) in [5, 5.41) is 2.91. The second-order valence-corrected chi connectivity index (χ2v) is 5.22. The van der Waals surface area contributed by atoms with Crippen molar-refractivity contribution in [1.82, 2.24) is 10.2 Å². The van der Waals surface area contributed by atoms with Crippen LogP contribution in [0.1, 0.15) is 47.5 Å². The normalized spacial score (nSPS) is 18.0. The van der Waals surface area contributed by atoms with Gasteiger partial charge in [-0.05, 0) is 53.8 Å². The van der Waals surface area contributed by atoms with E-state index in [-0.39, 0.29) is 12.1 Å². The van der Waals surface area contributed by atoms with E-state index in [1.54, 1.807) is 0 Å². The first-order valence-electron chi connectivity index (χ1n) is 6.55. The number of carbonyl (C=O) groups excluding carboxylic acids is 1. The number of likely N-dealkylation sites (tertiary alicyclic amines) is 1. The Morgan fingerprint density at radius 3 is 2.12 bits per heavy atom. The molecule has 0 aliphatic carbocycles. The number of hydrogen-bond acceptors (Lipinski definition) is 3. The smallest absolute Gasteiger partial charge is 0.407 e. The van der Waals surface area contributed by atoms with Crippen LogP contribution in [0.5, 0.6) is 0 Å². The minimum Gasteiger partial charge on any atom is -0.444 e. The molecule has 1 aliphatic heterocycles. The average Bonchev–Trinajstić information content (AvgIpc) is 2.22. The molecule has 17 heavy (non-hydrogen) atoms. The van der Waals surface area contributed by atoms with Crippen molar-refractivity contribution < 1.29 is 9.53 Å². The Morgan fingerprint density at radius 2 is 1.71 bits per heavy atom. The predicted octanol–water partition coefficient (Wildman–Crippen LogP) is 2.63. The fraction of sp³-hybridized carbons (Fsp3) is 0.923. The van der Waals surface area contributed by atoms with E-state index in [2.05, 4.69) is 17.3 Å². The van der Waals surface area contributed by atoms with Gasteiger partial charge in [-0.2, -0.15) is 0 Å². The summed E-state index contributed by atoms with van der Waals surface area (Å²) in [6.45, 7) is 11.7. The molecule has 1 heterocycles. The van der Waals surface area contributed by atoms with Crippen LogP contribution in [0.2, 0.25) is 0 Å². The quantitative estimate of drug-likeness (QED) is 0.771. The van der Waals surface area contributed by atoms with Gasteiger partial charge in [0.15, 0.2) is 0 Å². The van der Waals surface area contributed by atoms with Gasteiger partial charge >= 0.3 is 6.09 Å². The summed E-state index contributed by atoms with van der Waals surface area (Å²) < 4.78 is 5.20. The zero-order valence-electron chi connectivity index (χ0n) is 12.2. The van der Waals surface area contributed by atoms with Crippen LogP contribution in [0.25, 0.3) is 0 Å². The molecule has 4 heteroatoms. The Balaban J connectivity index is 0.00000121. The molecule has 0 aromatic heterocycles. The van der Waals surface area contributed by atoms with Crippen LogP contribution in [-0.4, -0.2) is 42.8 Å². The molecular formula is C13H28N2O2. The molecule has 0 radical (unpaired) electrons. The van der Waals surface area contributed by atoms with E-state index in [9.17, 15) is 4.79 Å². The molecule has 1 saturated heterocycles. The highest BCUT2D eigenvalue weighted by Crippen LogP contribution is 2.11. The molecule has 0 atom stereocenters. The van der Waals surface area contributed by atoms with Crippen molar-refractivity contribution in [3.05, 3.63) is 0 Å². The largest absolute Gasteiger partial charge is 0.444 e. The molecule has 0 saturated carbocycles. The van der Waals surface area contributed by atoms with Gasteiger partial charge in [0.1, 0.15) is 5.60 Å². The number of nitrogens with one attached hydrogen (secondary N) is 1. The lowest BCUT2D eigenvalue weighted by molar-refractivity contribution is 0.0483. The third-order valence-corrected chi connectivity index (χ3v) is 2.44. The number of alkyl carbamates (subject to hydrolysis) is 1. The minimum atomic E-state index is -0.407. The number of piperidine rings is 1. The summed E-state index contributed by atoms with van der Waals surface area (Å²) in [7, 11) is 2.10. The van der Waals surface area contributed by atoms with Crippen molar-refractivity contribution in [2.45, 2.75) is 59.1 Å². The number of nitrogens with zero attached hydrogens (tertiary/aromatic N) is 1. The molecule has 1 aliphatic rings. The van der Waals surface area contributed by atoms with Crippen LogP contribution in [0.4, 0.5) is 4.79 Å². The summed E-state index contributed by atoms with van der Waals surface area (Å²) >= 11 is 0. The standard InChI is InChI=1S/C11H22N2O2.C2H6/c1-11(2,3)15-10(14)12-9-5-7-13(4)8-6-9;1-2/h9H,5-8H2,1-4H3,(H,12,14);1-2H3. The fourth-order valence-electron chi connectivity index (χ4n) is 1.63. The Bertz CT molecular complexity index is 216. The van der Waals surface area contributed by atoms with Gasteiger partial charge in [0.25, 0.3) is 0 Å². The van der Waals surface area contributed by atoms with E-state index in [0.29, 0.717) is 0 Å². The third kappa shape index (κ3) is 8.02. The predicted molar refractivity (Wildman–Crippen MR) is 71.2 cm³/mol. The van der Waals surface area contributed by atoms with Gasteiger partial charge in [-0.25, -0.2) is 4.79 Å². The van der Waals surface area contributed by atoms with Gasteiger partial charge in [-0.3, -0.25) is 0 Å². The zero-order chi connectivity index (χ0) is 13.5. The van der Waals surface area contributed by atoms with Crippen molar-refractivity contribution >= 4 is 6.09 Å². The number of hydrogen-bond donors (Lipinski definition) is 1. The SMILES string of the molecule is CC.CN1CCC(NC(=O)OC(C)(C)C)CC1. The van der Waals surface area contributed by atoms with Crippen LogP contribution in [0.3, 0.4) is 0 Å². The lowest BCUT2D eigenvalue weighted by atomic mass is 10.1. The van der Waals surface area contributed by atoms with E-state index in [1.807, 2.05) is 34.6 Å². The van der Waals surface area contributed by atoms with E-state index >= 15 is 0 Å². The fourth-order valence-corrected chi connectivity index (χ4v) is 1.63.